The molecule has 1 aromatic rings. The van der Waals surface area contributed by atoms with Crippen LogP contribution in [0.5, 0.6) is 0 Å². The Balaban J connectivity index is 2.92. The molecule has 0 atom stereocenters. The van der Waals surface area contributed by atoms with Gasteiger partial charge in [-0.1, -0.05) is 0 Å². The Morgan fingerprint density at radius 1 is 1.47 bits per heavy atom. The molecule has 1 amide bonds. The highest BCUT2D eigenvalue weighted by Crippen LogP contribution is 2.15. The number of nitrogens with one attached hydrogen (secondary N) is 1. The molecule has 0 aliphatic carbocycles. The van der Waals surface area contributed by atoms with Gasteiger partial charge in [-0.15, -0.1) is 0 Å². The van der Waals surface area contributed by atoms with Crippen LogP contribution in [0.1, 0.15) is 12.0 Å². The molecule has 0 bridgehead atoms. The van der Waals surface area contributed by atoms with Crippen LogP contribution in [0.3, 0.4) is 0 Å². The summed E-state index contributed by atoms with van der Waals surface area (Å²) in [4.78, 5) is 11.0. The third-order valence-electron chi connectivity index (χ3n) is 1.62. The first-order chi connectivity index (χ1) is 7.17. The molecule has 0 fully saturated rings. The lowest BCUT2D eigenvalue weighted by molar-refractivity contribution is -0.115. The van der Waals surface area contributed by atoms with Crippen molar-refractivity contribution >= 4 is 11.6 Å². The van der Waals surface area contributed by atoms with Crippen LogP contribution in [0.4, 0.5) is 10.1 Å². The summed E-state index contributed by atoms with van der Waals surface area (Å²) in [5, 5.41) is 19.2. The van der Waals surface area contributed by atoms with Crippen LogP contribution in [-0.2, 0) is 4.79 Å². The van der Waals surface area contributed by atoms with Gasteiger partial charge in [0.2, 0.25) is 5.91 Å². The fourth-order valence-corrected chi connectivity index (χ4v) is 0.984. The molecule has 4 nitrogen and oxygen atoms in total. The lowest BCUT2D eigenvalue weighted by atomic mass is 10.2. The van der Waals surface area contributed by atoms with Crippen LogP contribution >= 0.6 is 0 Å². The molecule has 1 aromatic carbocycles. The smallest absolute Gasteiger partial charge is 0.238 e. The summed E-state index contributed by atoms with van der Waals surface area (Å²) >= 11 is 0. The molecular weight excluding hydrogens is 197 g/mol. The normalized spacial score (nSPS) is 8.73. The molecule has 1 N–H and O–H groups in total. The fraction of sp³-hybridized carbons (Fsp3) is 0.100. The average molecular weight is 203 g/mol. The molecule has 0 heterocycles. The number of halogens is 1. The molecule has 0 saturated carbocycles. The number of anilines is 1. The Kier molecular flexibility index (Phi) is 3.37. The second kappa shape index (κ2) is 4.73. The zero-order valence-electron chi connectivity index (χ0n) is 7.62. The zero-order valence-corrected chi connectivity index (χ0v) is 7.62. The van der Waals surface area contributed by atoms with Crippen LogP contribution in [0.25, 0.3) is 0 Å². The van der Waals surface area contributed by atoms with E-state index in [0.717, 1.165) is 12.1 Å². The number of hydrogen-bond acceptors (Lipinski definition) is 3. The number of rotatable bonds is 2. The SMILES string of the molecule is N#CCC(=O)Nc1ccc(F)cc1C#N. The number of carbonyl (C=O) groups is 1. The number of amides is 1. The van der Waals surface area contributed by atoms with Crippen molar-refractivity contribution < 1.29 is 9.18 Å². The molecule has 74 valence electrons. The molecular formula is C10H6FN3O. The Hall–Kier alpha value is -2.40. The summed E-state index contributed by atoms with van der Waals surface area (Å²) in [6, 6.07) is 6.84. The van der Waals surface area contributed by atoms with Crippen molar-refractivity contribution in [2.75, 3.05) is 5.32 Å². The summed E-state index contributed by atoms with van der Waals surface area (Å²) < 4.78 is 12.7. The van der Waals surface area contributed by atoms with Crippen molar-refractivity contribution in [1.82, 2.24) is 0 Å². The predicted octanol–water partition coefficient (Wildman–Crippen LogP) is 1.55. The second-order valence-corrected chi connectivity index (χ2v) is 2.68. The van der Waals surface area contributed by atoms with Crippen LogP contribution in [0.2, 0.25) is 0 Å². The van der Waals surface area contributed by atoms with Crippen molar-refractivity contribution in [3.05, 3.63) is 29.6 Å². The number of nitriles is 2. The third kappa shape index (κ3) is 2.78. The lowest BCUT2D eigenvalue weighted by Gasteiger charge is -2.04. The van der Waals surface area contributed by atoms with E-state index in [1.807, 2.05) is 0 Å². The number of carbonyl (C=O) groups excluding carboxylic acids is 1. The largest absolute Gasteiger partial charge is 0.324 e. The summed E-state index contributed by atoms with van der Waals surface area (Å²) in [5.41, 5.74) is 0.237. The first kappa shape index (κ1) is 10.7. The van der Waals surface area contributed by atoms with Crippen molar-refractivity contribution in [3.63, 3.8) is 0 Å². The standard InChI is InChI=1S/C10H6FN3O/c11-8-1-2-9(7(5-8)6-13)14-10(15)3-4-12/h1-2,5H,3H2,(H,14,15). The number of nitrogens with zero attached hydrogens (tertiary/aromatic N) is 2. The summed E-state index contributed by atoms with van der Waals surface area (Å²) in [6.45, 7) is 0. The maximum absolute atomic E-state index is 12.7. The van der Waals surface area contributed by atoms with E-state index in [2.05, 4.69) is 5.32 Å². The Morgan fingerprint density at radius 3 is 2.80 bits per heavy atom. The molecule has 15 heavy (non-hydrogen) atoms. The second-order valence-electron chi connectivity index (χ2n) is 2.68. The van der Waals surface area contributed by atoms with E-state index in [0.29, 0.717) is 0 Å². The van der Waals surface area contributed by atoms with Crippen molar-refractivity contribution in [3.8, 4) is 12.1 Å². The summed E-state index contributed by atoms with van der Waals surface area (Å²) in [7, 11) is 0. The molecule has 0 aliphatic heterocycles. The van der Waals surface area contributed by atoms with Gasteiger partial charge in [-0.05, 0) is 18.2 Å². The molecule has 0 radical (unpaired) electrons. The predicted molar refractivity (Wildman–Crippen MR) is 50.0 cm³/mol. The van der Waals surface area contributed by atoms with E-state index in [1.165, 1.54) is 6.07 Å². The van der Waals surface area contributed by atoms with E-state index in [1.54, 1.807) is 12.1 Å². The maximum Gasteiger partial charge on any atom is 0.238 e. The minimum atomic E-state index is -0.551. The summed E-state index contributed by atoms with van der Waals surface area (Å²) in [5.74, 6) is -1.08. The topological polar surface area (TPSA) is 76.7 Å². The van der Waals surface area contributed by atoms with Crippen molar-refractivity contribution in [2.24, 2.45) is 0 Å². The maximum atomic E-state index is 12.7. The first-order valence-corrected chi connectivity index (χ1v) is 4.04. The van der Waals surface area contributed by atoms with Gasteiger partial charge in [0.1, 0.15) is 18.3 Å². The molecule has 0 aromatic heterocycles. The van der Waals surface area contributed by atoms with Gasteiger partial charge in [-0.2, -0.15) is 10.5 Å². The molecule has 0 unspecified atom stereocenters. The van der Waals surface area contributed by atoms with E-state index < -0.39 is 11.7 Å². The Morgan fingerprint density at radius 2 is 2.20 bits per heavy atom. The molecule has 1 rings (SSSR count). The first-order valence-electron chi connectivity index (χ1n) is 4.04. The highest BCUT2D eigenvalue weighted by atomic mass is 19.1. The van der Waals surface area contributed by atoms with Gasteiger partial charge in [0.15, 0.2) is 0 Å². The van der Waals surface area contributed by atoms with E-state index in [4.69, 9.17) is 10.5 Å². The third-order valence-corrected chi connectivity index (χ3v) is 1.62. The van der Waals surface area contributed by atoms with Crippen LogP contribution in [0.15, 0.2) is 18.2 Å². The number of hydrogen-bond donors (Lipinski definition) is 1. The molecule has 0 saturated heterocycles. The van der Waals surface area contributed by atoms with Crippen molar-refractivity contribution in [2.45, 2.75) is 6.42 Å². The van der Waals surface area contributed by atoms with Gasteiger partial charge in [0.25, 0.3) is 0 Å². The highest BCUT2D eigenvalue weighted by molar-refractivity contribution is 5.93. The van der Waals surface area contributed by atoms with E-state index >= 15 is 0 Å². The molecule has 5 heteroatoms. The fourth-order valence-electron chi connectivity index (χ4n) is 0.984. The van der Waals surface area contributed by atoms with Gasteiger partial charge >= 0.3 is 0 Å². The average Bonchev–Trinajstić information content (AvgIpc) is 2.21. The number of benzene rings is 1. The quantitative estimate of drug-likeness (QED) is 0.792. The zero-order chi connectivity index (χ0) is 11.3. The van der Waals surface area contributed by atoms with Gasteiger partial charge in [-0.3, -0.25) is 4.79 Å². The monoisotopic (exact) mass is 203 g/mol. The lowest BCUT2D eigenvalue weighted by Crippen LogP contribution is -2.11. The van der Waals surface area contributed by atoms with Gasteiger partial charge in [0.05, 0.1) is 17.3 Å². The minimum absolute atomic E-state index is 0.0290. The summed E-state index contributed by atoms with van der Waals surface area (Å²) in [6.07, 6.45) is -0.303. The van der Waals surface area contributed by atoms with Gasteiger partial charge < -0.3 is 5.32 Å². The van der Waals surface area contributed by atoms with Crippen LogP contribution in [-0.4, -0.2) is 5.91 Å². The van der Waals surface area contributed by atoms with E-state index in [9.17, 15) is 9.18 Å². The van der Waals surface area contributed by atoms with E-state index in [-0.39, 0.29) is 17.7 Å². The van der Waals surface area contributed by atoms with Gasteiger partial charge in [-0.25, -0.2) is 4.39 Å². The minimum Gasteiger partial charge on any atom is -0.324 e. The highest BCUT2D eigenvalue weighted by Gasteiger charge is 2.06. The van der Waals surface area contributed by atoms with Gasteiger partial charge in [0, 0.05) is 0 Å². The Labute approximate surface area is 85.6 Å². The van der Waals surface area contributed by atoms with Crippen LogP contribution < -0.4 is 5.32 Å². The Bertz CT molecular complexity index is 471. The molecule has 0 spiro atoms. The van der Waals surface area contributed by atoms with Crippen LogP contribution in [0, 0.1) is 28.5 Å². The van der Waals surface area contributed by atoms with Crippen molar-refractivity contribution in [1.29, 1.82) is 10.5 Å². The molecule has 0 aliphatic rings.